The van der Waals surface area contributed by atoms with Crippen molar-refractivity contribution >= 4 is 39.5 Å². The third-order valence-electron chi connectivity index (χ3n) is 8.22. The minimum Gasteiger partial charge on any atom is -0.480 e. The van der Waals surface area contributed by atoms with Gasteiger partial charge in [0.15, 0.2) is 0 Å². The standard InChI is InChI=1S/C33H26F5N5O5/c1-42-25-7-3-2-6-23(25)40-29(31(42)45)20-9-8-17(19-5-4-10-39-28(19)20)13-24(32(46)47)41-30(44)27-21(34)14-18(15-22(27)35)43-11-12-48-16-26(43)33(36,37)38/h2-10,14-15,24,26H,11-13,16H2,1H3,(H,41,44)(H,46,47)/t24-,26+/m0/s1. The minimum atomic E-state index is -4.75. The molecule has 10 nitrogen and oxygen atoms in total. The number of alkyl halides is 3. The average molecular weight is 668 g/mol. The lowest BCUT2D eigenvalue weighted by Gasteiger charge is -2.38. The summed E-state index contributed by atoms with van der Waals surface area (Å²) in [5.74, 6) is -5.88. The molecule has 1 aliphatic heterocycles. The molecule has 0 radical (unpaired) electrons. The molecular weight excluding hydrogens is 641 g/mol. The van der Waals surface area contributed by atoms with Crippen LogP contribution in [0.1, 0.15) is 15.9 Å². The Bertz CT molecular complexity index is 2110. The Morgan fingerprint density at radius 1 is 1.08 bits per heavy atom. The molecule has 0 aliphatic carbocycles. The van der Waals surface area contributed by atoms with Gasteiger partial charge in [-0.15, -0.1) is 0 Å². The highest BCUT2D eigenvalue weighted by Gasteiger charge is 2.46. The number of para-hydroxylation sites is 2. The second-order valence-electron chi connectivity index (χ2n) is 11.2. The van der Waals surface area contributed by atoms with Crippen molar-refractivity contribution in [3.8, 4) is 11.3 Å². The van der Waals surface area contributed by atoms with Gasteiger partial charge in [0.2, 0.25) is 0 Å². The van der Waals surface area contributed by atoms with E-state index in [9.17, 15) is 32.7 Å². The number of hydrogen-bond acceptors (Lipinski definition) is 7. The molecule has 2 aromatic heterocycles. The van der Waals surface area contributed by atoms with E-state index < -0.39 is 59.6 Å². The number of carboxylic acid groups (broad SMARTS) is 1. The third kappa shape index (κ3) is 6.03. The van der Waals surface area contributed by atoms with E-state index in [1.54, 1.807) is 55.6 Å². The van der Waals surface area contributed by atoms with E-state index in [0.29, 0.717) is 45.2 Å². The fourth-order valence-electron chi connectivity index (χ4n) is 5.83. The Labute approximate surface area is 268 Å². The summed E-state index contributed by atoms with van der Waals surface area (Å²) in [5.41, 5.74) is 0.410. The summed E-state index contributed by atoms with van der Waals surface area (Å²) in [7, 11) is 1.61. The molecule has 0 unspecified atom stereocenters. The van der Waals surface area contributed by atoms with Gasteiger partial charge in [-0.1, -0.05) is 30.3 Å². The molecule has 1 amide bonds. The van der Waals surface area contributed by atoms with Crippen molar-refractivity contribution in [3.05, 3.63) is 100.0 Å². The number of aryl methyl sites for hydroxylation is 1. The summed E-state index contributed by atoms with van der Waals surface area (Å²) in [6.07, 6.45) is -3.62. The monoisotopic (exact) mass is 667 g/mol. The lowest BCUT2D eigenvalue weighted by molar-refractivity contribution is -0.167. The Balaban J connectivity index is 1.30. The van der Waals surface area contributed by atoms with Crippen LogP contribution in [0, 0.1) is 11.6 Å². The number of benzene rings is 3. The van der Waals surface area contributed by atoms with Crippen molar-refractivity contribution in [2.24, 2.45) is 7.05 Å². The fourth-order valence-corrected chi connectivity index (χ4v) is 5.83. The van der Waals surface area contributed by atoms with Gasteiger partial charge in [-0.3, -0.25) is 14.6 Å². The fraction of sp³-hybridized carbons (Fsp3) is 0.242. The number of aliphatic carboxylic acids is 1. The molecule has 1 saturated heterocycles. The van der Waals surface area contributed by atoms with Crippen LogP contribution in [0.25, 0.3) is 33.2 Å². The molecule has 48 heavy (non-hydrogen) atoms. The number of halogens is 5. The SMILES string of the molecule is Cn1c(=O)c(-c2ccc(C[C@H](NC(=O)c3c(F)cc(N4CCOC[C@@H]4C(F)(F)F)cc3F)C(=O)O)c3cccnc23)nc2ccccc21. The molecule has 2 N–H and O–H groups in total. The number of anilines is 1. The molecule has 5 aromatic rings. The predicted molar refractivity (Wildman–Crippen MR) is 165 cm³/mol. The van der Waals surface area contributed by atoms with Gasteiger partial charge in [0.1, 0.15) is 35.0 Å². The largest absolute Gasteiger partial charge is 0.480 e. The van der Waals surface area contributed by atoms with Gasteiger partial charge < -0.3 is 24.6 Å². The van der Waals surface area contributed by atoms with Crippen LogP contribution in [0.3, 0.4) is 0 Å². The van der Waals surface area contributed by atoms with E-state index in [0.717, 1.165) is 4.90 Å². The molecule has 3 heterocycles. The number of hydrogen-bond donors (Lipinski definition) is 2. The van der Waals surface area contributed by atoms with Crippen LogP contribution in [0.2, 0.25) is 0 Å². The van der Waals surface area contributed by atoms with Gasteiger partial charge in [0.25, 0.3) is 11.5 Å². The summed E-state index contributed by atoms with van der Waals surface area (Å²) >= 11 is 0. The van der Waals surface area contributed by atoms with Crippen LogP contribution >= 0.6 is 0 Å². The quantitative estimate of drug-likeness (QED) is 0.241. The van der Waals surface area contributed by atoms with Crippen molar-refractivity contribution in [2.45, 2.75) is 24.7 Å². The first-order valence-corrected chi connectivity index (χ1v) is 14.6. The zero-order valence-corrected chi connectivity index (χ0v) is 25.1. The smallest absolute Gasteiger partial charge is 0.411 e. The molecule has 2 atom stereocenters. The molecule has 1 fully saturated rings. The van der Waals surface area contributed by atoms with Crippen LogP contribution < -0.4 is 15.8 Å². The Morgan fingerprint density at radius 2 is 1.81 bits per heavy atom. The number of carboxylic acids is 1. The minimum absolute atomic E-state index is 0.112. The molecule has 248 valence electrons. The van der Waals surface area contributed by atoms with Gasteiger partial charge >= 0.3 is 12.1 Å². The van der Waals surface area contributed by atoms with Gasteiger partial charge in [-0.25, -0.2) is 18.6 Å². The van der Waals surface area contributed by atoms with Crippen LogP contribution in [0.4, 0.5) is 27.6 Å². The zero-order valence-electron chi connectivity index (χ0n) is 25.1. The first-order chi connectivity index (χ1) is 22.8. The van der Waals surface area contributed by atoms with E-state index in [-0.39, 0.29) is 30.8 Å². The molecule has 3 aromatic carbocycles. The molecule has 15 heteroatoms. The van der Waals surface area contributed by atoms with Gasteiger partial charge in [-0.2, -0.15) is 13.2 Å². The lowest BCUT2D eigenvalue weighted by Crippen LogP contribution is -2.53. The molecule has 6 rings (SSSR count). The average Bonchev–Trinajstić information content (AvgIpc) is 3.05. The van der Waals surface area contributed by atoms with E-state index in [4.69, 9.17) is 4.74 Å². The predicted octanol–water partition coefficient (Wildman–Crippen LogP) is 4.62. The lowest BCUT2D eigenvalue weighted by atomic mass is 9.96. The number of pyridine rings is 1. The molecular formula is C33H26F5N5O5. The highest BCUT2D eigenvalue weighted by molar-refractivity contribution is 5.98. The van der Waals surface area contributed by atoms with Gasteiger partial charge in [0.05, 0.1) is 29.8 Å². The maximum Gasteiger partial charge on any atom is 0.411 e. The highest BCUT2D eigenvalue weighted by atomic mass is 19.4. The molecule has 0 saturated carbocycles. The third-order valence-corrected chi connectivity index (χ3v) is 8.22. The second kappa shape index (κ2) is 12.6. The van der Waals surface area contributed by atoms with E-state index >= 15 is 8.78 Å². The maximum absolute atomic E-state index is 15.2. The van der Waals surface area contributed by atoms with Crippen LogP contribution in [-0.2, 0) is 23.0 Å². The van der Waals surface area contributed by atoms with Crippen molar-refractivity contribution in [2.75, 3.05) is 24.7 Å². The Hall–Kier alpha value is -5.44. The second-order valence-corrected chi connectivity index (χ2v) is 11.2. The normalized spacial score (nSPS) is 15.9. The summed E-state index contributed by atoms with van der Waals surface area (Å²) in [6, 6.07) is 10.8. The number of morpholine rings is 1. The van der Waals surface area contributed by atoms with Crippen LogP contribution in [0.5, 0.6) is 0 Å². The van der Waals surface area contributed by atoms with Gasteiger partial charge in [-0.05, 0) is 35.9 Å². The summed E-state index contributed by atoms with van der Waals surface area (Å²) in [5, 5.41) is 12.5. The van der Waals surface area contributed by atoms with E-state index in [1.165, 1.54) is 10.8 Å². The first-order valence-electron chi connectivity index (χ1n) is 14.6. The number of nitrogens with one attached hydrogen (secondary N) is 1. The summed E-state index contributed by atoms with van der Waals surface area (Å²) in [6.45, 7) is -1.16. The van der Waals surface area contributed by atoms with Crippen LogP contribution in [-0.4, -0.2) is 69.5 Å². The molecule has 0 spiro atoms. The summed E-state index contributed by atoms with van der Waals surface area (Å²) < 4.78 is 77.3. The number of amides is 1. The Kier molecular flexibility index (Phi) is 8.55. The number of aromatic nitrogens is 3. The van der Waals surface area contributed by atoms with Crippen molar-refractivity contribution in [1.82, 2.24) is 19.9 Å². The number of ether oxygens (including phenoxy) is 1. The van der Waals surface area contributed by atoms with Crippen molar-refractivity contribution < 1.29 is 41.4 Å². The van der Waals surface area contributed by atoms with E-state index in [1.807, 2.05) is 0 Å². The number of carbonyl (C=O) groups excluding carboxylic acids is 1. The maximum atomic E-state index is 15.2. The number of fused-ring (bicyclic) bond motifs is 2. The van der Waals surface area contributed by atoms with Crippen molar-refractivity contribution in [1.29, 1.82) is 0 Å². The van der Waals surface area contributed by atoms with Gasteiger partial charge in [0, 0.05) is 42.8 Å². The first kappa shape index (κ1) is 32.5. The molecule has 0 bridgehead atoms. The number of carbonyl (C=O) groups is 2. The topological polar surface area (TPSA) is 127 Å². The number of rotatable bonds is 7. The van der Waals surface area contributed by atoms with Crippen molar-refractivity contribution in [3.63, 3.8) is 0 Å². The van der Waals surface area contributed by atoms with Crippen LogP contribution in [0.15, 0.2) is 71.7 Å². The highest BCUT2D eigenvalue weighted by Crippen LogP contribution is 2.33. The molecule has 1 aliphatic rings. The van der Waals surface area contributed by atoms with E-state index in [2.05, 4.69) is 15.3 Å². The summed E-state index contributed by atoms with van der Waals surface area (Å²) in [4.78, 5) is 48.3. The Morgan fingerprint density at radius 3 is 2.52 bits per heavy atom. The number of nitrogens with zero attached hydrogens (tertiary/aromatic N) is 4. The zero-order chi connectivity index (χ0) is 34.3.